The first-order valence-corrected chi connectivity index (χ1v) is 7.16. The zero-order chi connectivity index (χ0) is 13.9. The van der Waals surface area contributed by atoms with E-state index in [1.165, 1.54) is 6.42 Å². The summed E-state index contributed by atoms with van der Waals surface area (Å²) in [5.74, 6) is 0.202. The smallest absolute Gasteiger partial charge is 0.235 e. The minimum Gasteiger partial charge on any atom is -0.395 e. The highest BCUT2D eigenvalue weighted by molar-refractivity contribution is 5.79. The second-order valence-corrected chi connectivity index (χ2v) is 5.92. The van der Waals surface area contributed by atoms with E-state index in [1.54, 1.807) is 0 Å². The van der Waals surface area contributed by atoms with Crippen LogP contribution in [0.25, 0.3) is 0 Å². The summed E-state index contributed by atoms with van der Waals surface area (Å²) in [5.41, 5.74) is -0.721. The van der Waals surface area contributed by atoms with Crippen LogP contribution in [0.5, 0.6) is 0 Å². The van der Waals surface area contributed by atoms with Crippen LogP contribution in [0.3, 0.4) is 0 Å². The maximum Gasteiger partial charge on any atom is 0.235 e. The number of nitrogens with zero attached hydrogens (tertiary/aromatic N) is 2. The monoisotopic (exact) mass is 265 g/mol. The first kappa shape index (κ1) is 14.3. The van der Waals surface area contributed by atoms with E-state index in [-0.39, 0.29) is 19.1 Å². The van der Waals surface area contributed by atoms with Gasteiger partial charge in [0.25, 0.3) is 0 Å². The molecule has 0 aromatic rings. The molecule has 0 bridgehead atoms. The van der Waals surface area contributed by atoms with Crippen molar-refractivity contribution in [1.29, 1.82) is 5.26 Å². The summed E-state index contributed by atoms with van der Waals surface area (Å²) < 4.78 is 0. The van der Waals surface area contributed by atoms with Gasteiger partial charge < -0.3 is 10.4 Å². The molecular weight excluding hydrogens is 242 g/mol. The predicted molar refractivity (Wildman–Crippen MR) is 71.2 cm³/mol. The van der Waals surface area contributed by atoms with Gasteiger partial charge in [-0.15, -0.1) is 0 Å². The molecule has 2 fully saturated rings. The van der Waals surface area contributed by atoms with Crippen LogP contribution < -0.4 is 5.32 Å². The van der Waals surface area contributed by atoms with Crippen LogP contribution in [0.1, 0.15) is 39.0 Å². The molecule has 19 heavy (non-hydrogen) atoms. The summed E-state index contributed by atoms with van der Waals surface area (Å²) in [6.45, 7) is 2.70. The third-order valence-corrected chi connectivity index (χ3v) is 4.35. The normalized spacial score (nSPS) is 22.4. The predicted octanol–water partition coefficient (Wildman–Crippen LogP) is 0.642. The molecular formula is C14H23N3O2. The molecule has 0 aromatic heterocycles. The van der Waals surface area contributed by atoms with E-state index in [1.807, 2.05) is 11.8 Å². The number of carbonyl (C=O) groups is 1. The van der Waals surface area contributed by atoms with E-state index in [4.69, 9.17) is 5.11 Å². The second kappa shape index (κ2) is 5.89. The molecule has 106 valence electrons. The van der Waals surface area contributed by atoms with Crippen molar-refractivity contribution in [2.45, 2.75) is 50.6 Å². The Kier molecular flexibility index (Phi) is 4.43. The lowest BCUT2D eigenvalue weighted by molar-refractivity contribution is -0.124. The van der Waals surface area contributed by atoms with E-state index >= 15 is 0 Å². The molecule has 2 aliphatic carbocycles. The number of amides is 1. The highest BCUT2D eigenvalue weighted by atomic mass is 16.3. The van der Waals surface area contributed by atoms with Crippen LogP contribution in [-0.2, 0) is 4.79 Å². The molecule has 0 saturated heterocycles. The van der Waals surface area contributed by atoms with Crippen molar-refractivity contribution < 1.29 is 9.90 Å². The van der Waals surface area contributed by atoms with Crippen LogP contribution in [-0.4, -0.2) is 47.2 Å². The molecule has 0 aliphatic heterocycles. The zero-order valence-corrected chi connectivity index (χ0v) is 11.6. The molecule has 2 saturated carbocycles. The minimum atomic E-state index is -0.721. The zero-order valence-electron chi connectivity index (χ0n) is 11.6. The summed E-state index contributed by atoms with van der Waals surface area (Å²) in [6.07, 6.45) is 5.45. The molecule has 2 aliphatic rings. The van der Waals surface area contributed by atoms with Crippen molar-refractivity contribution in [2.75, 3.05) is 19.7 Å². The number of carbonyl (C=O) groups excluding carboxylic acids is 1. The van der Waals surface area contributed by atoms with Crippen LogP contribution >= 0.6 is 0 Å². The van der Waals surface area contributed by atoms with Gasteiger partial charge in [0.1, 0.15) is 5.54 Å². The van der Waals surface area contributed by atoms with Gasteiger partial charge in [-0.25, -0.2) is 0 Å². The van der Waals surface area contributed by atoms with Gasteiger partial charge in [-0.05, 0) is 38.5 Å². The first-order valence-electron chi connectivity index (χ1n) is 7.16. The third-order valence-electron chi connectivity index (χ3n) is 4.35. The first-order chi connectivity index (χ1) is 9.09. The molecule has 1 amide bonds. The van der Waals surface area contributed by atoms with Gasteiger partial charge in [-0.2, -0.15) is 5.26 Å². The Labute approximate surface area is 114 Å². The van der Waals surface area contributed by atoms with Crippen molar-refractivity contribution >= 4 is 5.91 Å². The van der Waals surface area contributed by atoms with Crippen molar-refractivity contribution in [1.82, 2.24) is 10.2 Å². The quantitative estimate of drug-likeness (QED) is 0.708. The summed E-state index contributed by atoms with van der Waals surface area (Å²) in [6, 6.07) is 2.66. The van der Waals surface area contributed by atoms with Gasteiger partial charge in [-0.3, -0.25) is 9.69 Å². The fourth-order valence-electron chi connectivity index (χ4n) is 2.67. The van der Waals surface area contributed by atoms with Gasteiger partial charge in [0.05, 0.1) is 19.2 Å². The Hall–Kier alpha value is -1.12. The standard InChI is InChI=1S/C14H23N3O2/c1-14(10-15,11-5-6-11)16-13(19)9-17(7-8-18)12-3-2-4-12/h11-12,18H,2-9H2,1H3,(H,16,19). The number of aliphatic hydroxyl groups excluding tert-OH is 1. The highest BCUT2D eigenvalue weighted by Crippen LogP contribution is 2.39. The molecule has 2 rings (SSSR count). The molecule has 1 unspecified atom stereocenters. The Morgan fingerprint density at radius 3 is 2.58 bits per heavy atom. The Morgan fingerprint density at radius 2 is 2.16 bits per heavy atom. The molecule has 2 N–H and O–H groups in total. The van der Waals surface area contributed by atoms with E-state index in [0.717, 1.165) is 25.7 Å². The fourth-order valence-corrected chi connectivity index (χ4v) is 2.67. The maximum atomic E-state index is 12.1. The average Bonchev–Trinajstić information content (AvgIpc) is 3.10. The number of hydrogen-bond acceptors (Lipinski definition) is 4. The lowest BCUT2D eigenvalue weighted by Gasteiger charge is -2.37. The lowest BCUT2D eigenvalue weighted by Crippen LogP contribution is -2.53. The maximum absolute atomic E-state index is 12.1. The van der Waals surface area contributed by atoms with Gasteiger partial charge in [-0.1, -0.05) is 6.42 Å². The Balaban J connectivity index is 1.86. The lowest BCUT2D eigenvalue weighted by atomic mass is 9.91. The van der Waals surface area contributed by atoms with Gasteiger partial charge in [0.2, 0.25) is 5.91 Å². The largest absolute Gasteiger partial charge is 0.395 e. The Morgan fingerprint density at radius 1 is 1.47 bits per heavy atom. The molecule has 5 nitrogen and oxygen atoms in total. The number of nitriles is 1. The van der Waals surface area contributed by atoms with E-state index in [0.29, 0.717) is 18.5 Å². The van der Waals surface area contributed by atoms with Crippen molar-refractivity contribution in [3.05, 3.63) is 0 Å². The Bertz CT molecular complexity index is 371. The molecule has 0 radical (unpaired) electrons. The minimum absolute atomic E-state index is 0.0714. The van der Waals surface area contributed by atoms with Gasteiger partial charge in [0.15, 0.2) is 0 Å². The van der Waals surface area contributed by atoms with Crippen molar-refractivity contribution in [3.8, 4) is 6.07 Å². The fraction of sp³-hybridized carbons (Fsp3) is 0.857. The molecule has 5 heteroatoms. The van der Waals surface area contributed by atoms with Crippen LogP contribution in [0.4, 0.5) is 0 Å². The number of hydrogen-bond donors (Lipinski definition) is 2. The SMILES string of the molecule is CC(C#N)(NC(=O)CN(CCO)C1CCC1)C1CC1. The topological polar surface area (TPSA) is 76.4 Å². The van der Waals surface area contributed by atoms with E-state index < -0.39 is 5.54 Å². The number of nitrogens with one attached hydrogen (secondary N) is 1. The number of aliphatic hydroxyl groups is 1. The summed E-state index contributed by atoms with van der Waals surface area (Å²) in [4.78, 5) is 14.1. The summed E-state index contributed by atoms with van der Waals surface area (Å²) in [7, 11) is 0. The molecule has 0 heterocycles. The molecule has 0 spiro atoms. The second-order valence-electron chi connectivity index (χ2n) is 5.92. The van der Waals surface area contributed by atoms with Crippen LogP contribution in [0.15, 0.2) is 0 Å². The summed E-state index contributed by atoms with van der Waals surface area (Å²) in [5, 5.41) is 21.2. The highest BCUT2D eigenvalue weighted by Gasteiger charge is 2.43. The van der Waals surface area contributed by atoms with Crippen molar-refractivity contribution in [2.24, 2.45) is 5.92 Å². The number of rotatable bonds is 7. The van der Waals surface area contributed by atoms with Gasteiger partial charge >= 0.3 is 0 Å². The average molecular weight is 265 g/mol. The van der Waals surface area contributed by atoms with Crippen LogP contribution in [0.2, 0.25) is 0 Å². The summed E-state index contributed by atoms with van der Waals surface area (Å²) >= 11 is 0. The van der Waals surface area contributed by atoms with Crippen LogP contribution in [0, 0.1) is 17.2 Å². The molecule has 1 atom stereocenters. The van der Waals surface area contributed by atoms with E-state index in [9.17, 15) is 10.1 Å². The third kappa shape index (κ3) is 3.46. The van der Waals surface area contributed by atoms with Gasteiger partial charge in [0, 0.05) is 12.6 Å². The van der Waals surface area contributed by atoms with Crippen molar-refractivity contribution in [3.63, 3.8) is 0 Å². The van der Waals surface area contributed by atoms with E-state index in [2.05, 4.69) is 11.4 Å². The molecule has 0 aromatic carbocycles.